The molecule has 1 aromatic heterocycles. The summed E-state index contributed by atoms with van der Waals surface area (Å²) in [4.78, 5) is 17.3. The van der Waals surface area contributed by atoms with Crippen molar-refractivity contribution >= 4 is 45.6 Å². The van der Waals surface area contributed by atoms with E-state index in [1.165, 1.54) is 11.3 Å². The van der Waals surface area contributed by atoms with E-state index < -0.39 is 0 Å². The van der Waals surface area contributed by atoms with Crippen LogP contribution in [0.4, 0.5) is 5.13 Å². The van der Waals surface area contributed by atoms with Gasteiger partial charge in [0.05, 0.1) is 6.61 Å². The summed E-state index contributed by atoms with van der Waals surface area (Å²) in [6.07, 6.45) is 2.31. The Morgan fingerprint density at radius 2 is 1.82 bits per heavy atom. The molecule has 3 rings (SSSR count). The molecule has 0 aliphatic rings. The van der Waals surface area contributed by atoms with Crippen LogP contribution in [0, 0.1) is 0 Å². The number of ether oxygens (including phenoxy) is 2. The van der Waals surface area contributed by atoms with Crippen LogP contribution in [0.2, 0.25) is 10.0 Å². The fourth-order valence-electron chi connectivity index (χ4n) is 2.42. The minimum atomic E-state index is -0.282. The predicted molar refractivity (Wildman–Crippen MR) is 113 cm³/mol. The molecule has 8 heteroatoms. The largest absolute Gasteiger partial charge is 0.494 e. The number of anilines is 1. The molecule has 0 atom stereocenters. The zero-order valence-electron chi connectivity index (χ0n) is 15.1. The molecule has 0 saturated heterocycles. The molecule has 146 valence electrons. The van der Waals surface area contributed by atoms with Crippen LogP contribution in [0.3, 0.4) is 0 Å². The fourth-order valence-corrected chi connectivity index (χ4v) is 3.65. The van der Waals surface area contributed by atoms with E-state index in [1.807, 2.05) is 13.0 Å². The lowest BCUT2D eigenvalue weighted by molar-refractivity contribution is -0.118. The number of nitrogens with zero attached hydrogens (tertiary/aromatic N) is 1. The lowest BCUT2D eigenvalue weighted by Gasteiger charge is -2.07. The maximum Gasteiger partial charge on any atom is 0.264 e. The monoisotopic (exact) mass is 436 g/mol. The fraction of sp³-hybridized carbons (Fsp3) is 0.200. The Balaban J connectivity index is 1.51. The van der Waals surface area contributed by atoms with Crippen molar-refractivity contribution in [2.24, 2.45) is 0 Å². The zero-order chi connectivity index (χ0) is 19.9. The van der Waals surface area contributed by atoms with E-state index in [9.17, 15) is 4.79 Å². The lowest BCUT2D eigenvalue weighted by atomic mass is 10.1. The maximum atomic E-state index is 12.1. The molecule has 0 radical (unpaired) electrons. The van der Waals surface area contributed by atoms with Gasteiger partial charge in [0.25, 0.3) is 5.91 Å². The third kappa shape index (κ3) is 5.86. The number of carbonyl (C=O) groups excluding carboxylic acids is 1. The molecule has 5 nitrogen and oxygen atoms in total. The Labute approximate surface area is 177 Å². The topological polar surface area (TPSA) is 60.5 Å². The summed E-state index contributed by atoms with van der Waals surface area (Å²) >= 11 is 13.6. The Morgan fingerprint density at radius 3 is 2.54 bits per heavy atom. The lowest BCUT2D eigenvalue weighted by Crippen LogP contribution is -2.19. The Hall–Kier alpha value is -2.28. The van der Waals surface area contributed by atoms with Crippen LogP contribution < -0.4 is 14.8 Å². The van der Waals surface area contributed by atoms with Gasteiger partial charge in [-0.15, -0.1) is 11.3 Å². The number of hydrogen-bond donors (Lipinski definition) is 1. The minimum absolute atomic E-state index is 0.108. The molecule has 0 saturated carbocycles. The molecule has 0 aliphatic carbocycles. The van der Waals surface area contributed by atoms with Crippen molar-refractivity contribution in [3.8, 4) is 11.5 Å². The molecule has 1 N–H and O–H groups in total. The summed E-state index contributed by atoms with van der Waals surface area (Å²) in [6.45, 7) is 2.41. The van der Waals surface area contributed by atoms with Crippen molar-refractivity contribution in [3.63, 3.8) is 0 Å². The minimum Gasteiger partial charge on any atom is -0.494 e. The average Bonchev–Trinajstić information content (AvgIpc) is 3.11. The smallest absolute Gasteiger partial charge is 0.264 e. The first kappa shape index (κ1) is 20.5. The SMILES string of the molecule is CCOc1ccc(OCC(=O)Nc2ncc(Cc3cc(Cl)ccc3Cl)s2)cc1. The second-order valence-corrected chi connectivity index (χ2v) is 7.74. The highest BCUT2D eigenvalue weighted by Crippen LogP contribution is 2.27. The van der Waals surface area contributed by atoms with E-state index in [0.29, 0.717) is 34.0 Å². The molecule has 1 amide bonds. The summed E-state index contributed by atoms with van der Waals surface area (Å²) in [5.41, 5.74) is 0.912. The van der Waals surface area contributed by atoms with Crippen LogP contribution in [-0.2, 0) is 11.2 Å². The molecular weight excluding hydrogens is 419 g/mol. The molecule has 28 heavy (non-hydrogen) atoms. The predicted octanol–water partition coefficient (Wildman–Crippen LogP) is 5.46. The van der Waals surface area contributed by atoms with Crippen LogP contribution in [0.25, 0.3) is 0 Å². The Morgan fingerprint density at radius 1 is 1.11 bits per heavy atom. The first-order chi connectivity index (χ1) is 13.5. The van der Waals surface area contributed by atoms with Crippen molar-refractivity contribution in [1.29, 1.82) is 0 Å². The van der Waals surface area contributed by atoms with E-state index in [0.717, 1.165) is 16.2 Å². The highest BCUT2D eigenvalue weighted by Gasteiger charge is 2.10. The van der Waals surface area contributed by atoms with E-state index in [1.54, 1.807) is 42.6 Å². The molecule has 3 aromatic rings. The van der Waals surface area contributed by atoms with E-state index >= 15 is 0 Å². The van der Waals surface area contributed by atoms with E-state index in [4.69, 9.17) is 32.7 Å². The molecule has 0 spiro atoms. The highest BCUT2D eigenvalue weighted by atomic mass is 35.5. The van der Waals surface area contributed by atoms with Gasteiger partial charge in [-0.1, -0.05) is 23.2 Å². The van der Waals surface area contributed by atoms with Gasteiger partial charge in [-0.25, -0.2) is 4.98 Å². The number of aromatic nitrogens is 1. The van der Waals surface area contributed by atoms with Crippen molar-refractivity contribution in [3.05, 3.63) is 69.1 Å². The number of halogens is 2. The molecule has 1 heterocycles. The molecule has 0 fully saturated rings. The summed E-state index contributed by atoms with van der Waals surface area (Å²) in [7, 11) is 0. The molecular formula is C20H18Cl2N2O3S. The number of nitrogens with one attached hydrogen (secondary N) is 1. The second-order valence-electron chi connectivity index (χ2n) is 5.79. The van der Waals surface area contributed by atoms with Gasteiger partial charge in [0.15, 0.2) is 11.7 Å². The quantitative estimate of drug-likeness (QED) is 0.509. The molecule has 0 bridgehead atoms. The van der Waals surface area contributed by atoms with Crippen LogP contribution >= 0.6 is 34.5 Å². The summed E-state index contributed by atoms with van der Waals surface area (Å²) < 4.78 is 10.8. The van der Waals surface area contributed by atoms with Gasteiger partial charge in [-0.3, -0.25) is 10.1 Å². The van der Waals surface area contributed by atoms with Crippen LogP contribution in [0.15, 0.2) is 48.7 Å². The van der Waals surface area contributed by atoms with Gasteiger partial charge >= 0.3 is 0 Å². The average molecular weight is 437 g/mol. The van der Waals surface area contributed by atoms with E-state index in [2.05, 4.69) is 10.3 Å². The van der Waals surface area contributed by atoms with Gasteiger partial charge in [0, 0.05) is 27.5 Å². The number of hydrogen-bond acceptors (Lipinski definition) is 5. The van der Waals surface area contributed by atoms with Gasteiger partial charge in [-0.05, 0) is 55.0 Å². The summed E-state index contributed by atoms with van der Waals surface area (Å²) in [5, 5.41) is 4.52. The zero-order valence-corrected chi connectivity index (χ0v) is 17.4. The summed E-state index contributed by atoms with van der Waals surface area (Å²) in [5.74, 6) is 1.07. The van der Waals surface area contributed by atoms with Crippen LogP contribution in [-0.4, -0.2) is 24.1 Å². The highest BCUT2D eigenvalue weighted by molar-refractivity contribution is 7.15. The first-order valence-electron chi connectivity index (χ1n) is 8.57. The Kier molecular flexibility index (Phi) is 7.14. The number of rotatable bonds is 8. The van der Waals surface area contributed by atoms with Gasteiger partial charge < -0.3 is 9.47 Å². The second kappa shape index (κ2) is 9.78. The molecule has 0 unspecified atom stereocenters. The van der Waals surface area contributed by atoms with Gasteiger partial charge in [0.1, 0.15) is 11.5 Å². The standard InChI is InChI=1S/C20H18Cl2N2O3S/c1-2-26-15-4-6-16(7-5-15)27-12-19(25)24-20-23-11-17(28-20)10-13-9-14(21)3-8-18(13)22/h3-9,11H,2,10,12H2,1H3,(H,23,24,25). The third-order valence-corrected chi connectivity index (χ3v) is 5.19. The normalized spacial score (nSPS) is 10.5. The van der Waals surface area contributed by atoms with E-state index in [-0.39, 0.29) is 12.5 Å². The van der Waals surface area contributed by atoms with Crippen molar-refractivity contribution in [2.75, 3.05) is 18.5 Å². The van der Waals surface area contributed by atoms with Crippen molar-refractivity contribution in [1.82, 2.24) is 4.98 Å². The van der Waals surface area contributed by atoms with Crippen molar-refractivity contribution < 1.29 is 14.3 Å². The number of amides is 1. The summed E-state index contributed by atoms with van der Waals surface area (Å²) in [6, 6.07) is 12.4. The Bertz CT molecular complexity index is 945. The number of carbonyl (C=O) groups is 1. The maximum absolute atomic E-state index is 12.1. The number of thiazole rings is 1. The number of benzene rings is 2. The first-order valence-corrected chi connectivity index (χ1v) is 10.1. The molecule has 0 aliphatic heterocycles. The van der Waals surface area contributed by atoms with Crippen LogP contribution in [0.1, 0.15) is 17.4 Å². The van der Waals surface area contributed by atoms with Crippen LogP contribution in [0.5, 0.6) is 11.5 Å². The third-order valence-electron chi connectivity index (χ3n) is 3.68. The van der Waals surface area contributed by atoms with Crippen molar-refractivity contribution in [2.45, 2.75) is 13.3 Å². The van der Waals surface area contributed by atoms with Gasteiger partial charge in [0.2, 0.25) is 0 Å². The molecule has 2 aromatic carbocycles. The van der Waals surface area contributed by atoms with Gasteiger partial charge in [-0.2, -0.15) is 0 Å².